The number of nitrogens with one attached hydrogen (secondary N) is 1. The van der Waals surface area contributed by atoms with Crippen LogP contribution in [0.4, 0.5) is 0 Å². The van der Waals surface area contributed by atoms with Crippen molar-refractivity contribution >= 4 is 21.8 Å². The van der Waals surface area contributed by atoms with Gasteiger partial charge in [0.1, 0.15) is 0 Å². The SMILES string of the molecule is O=C(Cc1ccc(Br)cc1)NCCCN1CCCCCC1. The van der Waals surface area contributed by atoms with E-state index in [0.29, 0.717) is 6.42 Å². The molecule has 1 aromatic rings. The third kappa shape index (κ3) is 6.62. The minimum atomic E-state index is 0.119. The van der Waals surface area contributed by atoms with Crippen LogP contribution in [0, 0.1) is 0 Å². The number of carbonyl (C=O) groups excluding carboxylic acids is 1. The highest BCUT2D eigenvalue weighted by molar-refractivity contribution is 9.10. The van der Waals surface area contributed by atoms with Gasteiger partial charge in [-0.15, -0.1) is 0 Å². The Labute approximate surface area is 136 Å². The van der Waals surface area contributed by atoms with E-state index in [1.54, 1.807) is 0 Å². The highest BCUT2D eigenvalue weighted by Crippen LogP contribution is 2.11. The summed E-state index contributed by atoms with van der Waals surface area (Å²) >= 11 is 3.40. The lowest BCUT2D eigenvalue weighted by Crippen LogP contribution is -2.31. The lowest BCUT2D eigenvalue weighted by atomic mass is 10.1. The predicted molar refractivity (Wildman–Crippen MR) is 90.4 cm³/mol. The van der Waals surface area contributed by atoms with Crippen molar-refractivity contribution in [2.24, 2.45) is 0 Å². The summed E-state index contributed by atoms with van der Waals surface area (Å²) in [6.45, 7) is 4.35. The summed E-state index contributed by atoms with van der Waals surface area (Å²) < 4.78 is 1.05. The monoisotopic (exact) mass is 352 g/mol. The first-order chi connectivity index (χ1) is 10.2. The second kappa shape index (κ2) is 9.21. The summed E-state index contributed by atoms with van der Waals surface area (Å²) in [6, 6.07) is 7.92. The summed E-state index contributed by atoms with van der Waals surface area (Å²) in [5.74, 6) is 0.119. The molecule has 0 unspecified atom stereocenters. The maximum atomic E-state index is 11.9. The van der Waals surface area contributed by atoms with Gasteiger partial charge in [0, 0.05) is 11.0 Å². The number of hydrogen-bond donors (Lipinski definition) is 1. The average Bonchev–Trinajstić information content (AvgIpc) is 2.75. The first-order valence-electron chi connectivity index (χ1n) is 7.97. The van der Waals surface area contributed by atoms with Gasteiger partial charge in [0.15, 0.2) is 0 Å². The summed E-state index contributed by atoms with van der Waals surface area (Å²) in [5.41, 5.74) is 1.06. The molecule has 3 nitrogen and oxygen atoms in total. The van der Waals surface area contributed by atoms with E-state index in [0.717, 1.165) is 29.5 Å². The molecule has 116 valence electrons. The molecule has 1 heterocycles. The lowest BCUT2D eigenvalue weighted by molar-refractivity contribution is -0.120. The number of rotatable bonds is 6. The molecule has 0 spiro atoms. The van der Waals surface area contributed by atoms with Crippen LogP contribution in [-0.2, 0) is 11.2 Å². The van der Waals surface area contributed by atoms with Crippen LogP contribution in [0.1, 0.15) is 37.7 Å². The Morgan fingerprint density at radius 3 is 2.43 bits per heavy atom. The highest BCUT2D eigenvalue weighted by atomic mass is 79.9. The van der Waals surface area contributed by atoms with Crippen LogP contribution in [0.25, 0.3) is 0 Å². The summed E-state index contributed by atoms with van der Waals surface area (Å²) in [5, 5.41) is 3.02. The zero-order valence-electron chi connectivity index (χ0n) is 12.6. The molecule has 0 bridgehead atoms. The number of amides is 1. The molecule has 1 amide bonds. The standard InChI is InChI=1S/C17H25BrN2O/c18-16-8-6-15(7-9-16)14-17(21)19-10-5-13-20-11-3-1-2-4-12-20/h6-9H,1-5,10-14H2,(H,19,21). The quantitative estimate of drug-likeness (QED) is 0.796. The van der Waals surface area contributed by atoms with Crippen molar-refractivity contribution in [3.8, 4) is 0 Å². The van der Waals surface area contributed by atoms with Gasteiger partial charge in [0.05, 0.1) is 6.42 Å². The van der Waals surface area contributed by atoms with Crippen molar-refractivity contribution in [3.63, 3.8) is 0 Å². The number of halogens is 1. The largest absolute Gasteiger partial charge is 0.356 e. The van der Waals surface area contributed by atoms with E-state index in [1.165, 1.54) is 38.8 Å². The minimum Gasteiger partial charge on any atom is -0.356 e. The van der Waals surface area contributed by atoms with Crippen molar-refractivity contribution in [2.75, 3.05) is 26.2 Å². The molecule has 1 saturated heterocycles. The number of carbonyl (C=O) groups is 1. The number of nitrogens with zero attached hydrogens (tertiary/aromatic N) is 1. The summed E-state index contributed by atoms with van der Waals surface area (Å²) in [6.07, 6.45) is 6.93. The molecule has 1 fully saturated rings. The third-order valence-electron chi connectivity index (χ3n) is 3.95. The van der Waals surface area contributed by atoms with Gasteiger partial charge >= 0.3 is 0 Å². The lowest BCUT2D eigenvalue weighted by Gasteiger charge is -2.19. The van der Waals surface area contributed by atoms with Crippen LogP contribution in [0.15, 0.2) is 28.7 Å². The third-order valence-corrected chi connectivity index (χ3v) is 4.48. The van der Waals surface area contributed by atoms with Crippen molar-refractivity contribution in [3.05, 3.63) is 34.3 Å². The van der Waals surface area contributed by atoms with E-state index in [9.17, 15) is 4.79 Å². The fourth-order valence-electron chi connectivity index (χ4n) is 2.74. The first kappa shape index (κ1) is 16.5. The average molecular weight is 353 g/mol. The Balaban J connectivity index is 1.59. The van der Waals surface area contributed by atoms with Gasteiger partial charge in [-0.1, -0.05) is 40.9 Å². The Bertz CT molecular complexity index is 425. The van der Waals surface area contributed by atoms with Crippen LogP contribution in [0.2, 0.25) is 0 Å². The van der Waals surface area contributed by atoms with Crippen molar-refractivity contribution in [2.45, 2.75) is 38.5 Å². The maximum absolute atomic E-state index is 11.9. The van der Waals surface area contributed by atoms with Gasteiger partial charge in [-0.05, 0) is 56.6 Å². The van der Waals surface area contributed by atoms with E-state index in [1.807, 2.05) is 24.3 Å². The van der Waals surface area contributed by atoms with Crippen LogP contribution < -0.4 is 5.32 Å². The zero-order valence-corrected chi connectivity index (χ0v) is 14.2. The van der Waals surface area contributed by atoms with Crippen LogP contribution in [0.3, 0.4) is 0 Å². The van der Waals surface area contributed by atoms with Crippen LogP contribution in [-0.4, -0.2) is 37.0 Å². The summed E-state index contributed by atoms with van der Waals surface area (Å²) in [7, 11) is 0. The highest BCUT2D eigenvalue weighted by Gasteiger charge is 2.08. The van der Waals surface area contributed by atoms with Crippen LogP contribution in [0.5, 0.6) is 0 Å². The minimum absolute atomic E-state index is 0.119. The van der Waals surface area contributed by atoms with Gasteiger partial charge in [-0.2, -0.15) is 0 Å². The Kier molecular flexibility index (Phi) is 7.24. The topological polar surface area (TPSA) is 32.3 Å². The van der Waals surface area contributed by atoms with E-state index >= 15 is 0 Å². The molecule has 2 rings (SSSR count). The normalized spacial score (nSPS) is 16.4. The van der Waals surface area contributed by atoms with Crippen molar-refractivity contribution in [1.29, 1.82) is 0 Å². The van der Waals surface area contributed by atoms with Gasteiger partial charge in [0.2, 0.25) is 5.91 Å². The molecule has 21 heavy (non-hydrogen) atoms. The fraction of sp³-hybridized carbons (Fsp3) is 0.588. The molecule has 4 heteroatoms. The first-order valence-corrected chi connectivity index (χ1v) is 8.77. The van der Waals surface area contributed by atoms with Crippen molar-refractivity contribution in [1.82, 2.24) is 10.2 Å². The van der Waals surface area contributed by atoms with E-state index in [-0.39, 0.29) is 5.91 Å². The fourth-order valence-corrected chi connectivity index (χ4v) is 3.00. The Hall–Kier alpha value is -0.870. The molecule has 0 aromatic heterocycles. The number of hydrogen-bond acceptors (Lipinski definition) is 2. The molecule has 0 atom stereocenters. The molecular weight excluding hydrogens is 328 g/mol. The van der Waals surface area contributed by atoms with E-state index in [4.69, 9.17) is 0 Å². The van der Waals surface area contributed by atoms with Gasteiger partial charge in [-0.3, -0.25) is 4.79 Å². The van der Waals surface area contributed by atoms with Crippen LogP contribution >= 0.6 is 15.9 Å². The predicted octanol–water partition coefficient (Wildman–Crippen LogP) is 3.37. The zero-order chi connectivity index (χ0) is 14.9. The Morgan fingerprint density at radius 2 is 1.76 bits per heavy atom. The van der Waals surface area contributed by atoms with E-state index in [2.05, 4.69) is 26.1 Å². The Morgan fingerprint density at radius 1 is 1.10 bits per heavy atom. The molecule has 1 aromatic carbocycles. The molecule has 0 radical (unpaired) electrons. The molecule has 0 aliphatic carbocycles. The van der Waals surface area contributed by atoms with Gasteiger partial charge in [0.25, 0.3) is 0 Å². The molecule has 1 aliphatic rings. The molecule has 0 saturated carbocycles. The number of likely N-dealkylation sites (tertiary alicyclic amines) is 1. The van der Waals surface area contributed by atoms with E-state index < -0.39 is 0 Å². The smallest absolute Gasteiger partial charge is 0.224 e. The maximum Gasteiger partial charge on any atom is 0.224 e. The molecule has 1 aliphatic heterocycles. The second-order valence-corrected chi connectivity index (χ2v) is 6.68. The molecule has 1 N–H and O–H groups in total. The second-order valence-electron chi connectivity index (χ2n) is 5.76. The van der Waals surface area contributed by atoms with Gasteiger partial charge < -0.3 is 10.2 Å². The van der Waals surface area contributed by atoms with Crippen molar-refractivity contribution < 1.29 is 4.79 Å². The summed E-state index contributed by atoms with van der Waals surface area (Å²) in [4.78, 5) is 14.4. The number of benzene rings is 1. The molecular formula is C17H25BrN2O. The van der Waals surface area contributed by atoms with Gasteiger partial charge in [-0.25, -0.2) is 0 Å².